The van der Waals surface area contributed by atoms with E-state index in [1.807, 2.05) is 27.8 Å². The number of carbonyl (C=O) groups is 1. The highest BCUT2D eigenvalue weighted by Crippen LogP contribution is 2.17. The van der Waals surface area contributed by atoms with Gasteiger partial charge in [0.2, 0.25) is 0 Å². The van der Waals surface area contributed by atoms with Gasteiger partial charge in [-0.25, -0.2) is 4.79 Å². The number of nitrogens with zero attached hydrogens (tertiary/aromatic N) is 2. The fourth-order valence-corrected chi connectivity index (χ4v) is 2.03. The molecule has 18 heavy (non-hydrogen) atoms. The van der Waals surface area contributed by atoms with E-state index >= 15 is 0 Å². The Bertz CT molecular complexity index is 276. The molecule has 0 radical (unpaired) electrons. The van der Waals surface area contributed by atoms with Gasteiger partial charge in [0.1, 0.15) is 5.60 Å². The van der Waals surface area contributed by atoms with Crippen molar-refractivity contribution in [3.05, 3.63) is 0 Å². The second-order valence-corrected chi connectivity index (χ2v) is 5.83. The van der Waals surface area contributed by atoms with Crippen LogP contribution in [0.25, 0.3) is 0 Å². The molecule has 1 aliphatic rings. The number of ether oxygens (including phenoxy) is 2. The van der Waals surface area contributed by atoms with E-state index in [0.29, 0.717) is 0 Å². The fourth-order valence-electron chi connectivity index (χ4n) is 2.03. The van der Waals surface area contributed by atoms with Crippen LogP contribution in [0, 0.1) is 0 Å². The fraction of sp³-hybridized carbons (Fsp3) is 0.923. The van der Waals surface area contributed by atoms with Crippen LogP contribution in [-0.4, -0.2) is 67.9 Å². The van der Waals surface area contributed by atoms with Gasteiger partial charge in [-0.3, -0.25) is 4.90 Å². The first kappa shape index (κ1) is 15.2. The topological polar surface area (TPSA) is 42.0 Å². The number of amides is 1. The molecule has 1 fully saturated rings. The predicted molar refractivity (Wildman–Crippen MR) is 70.7 cm³/mol. The third-order valence-electron chi connectivity index (χ3n) is 3.09. The number of carbonyl (C=O) groups excluding carboxylic acids is 1. The zero-order chi connectivity index (χ0) is 13.8. The van der Waals surface area contributed by atoms with Crippen molar-refractivity contribution < 1.29 is 14.3 Å². The summed E-state index contributed by atoms with van der Waals surface area (Å²) >= 11 is 0. The van der Waals surface area contributed by atoms with Gasteiger partial charge < -0.3 is 14.4 Å². The molecule has 106 valence electrons. The number of hydrogen-bond donors (Lipinski definition) is 0. The normalized spacial score (nSPS) is 21.1. The molecule has 0 spiro atoms. The Morgan fingerprint density at radius 3 is 2.67 bits per heavy atom. The zero-order valence-electron chi connectivity index (χ0n) is 12.2. The summed E-state index contributed by atoms with van der Waals surface area (Å²) in [7, 11) is 3.53. The summed E-state index contributed by atoms with van der Waals surface area (Å²) in [6, 6.07) is 0.247. The predicted octanol–water partition coefficient (Wildman–Crippen LogP) is 1.57. The first-order chi connectivity index (χ1) is 8.33. The van der Waals surface area contributed by atoms with E-state index in [-0.39, 0.29) is 12.1 Å². The summed E-state index contributed by atoms with van der Waals surface area (Å²) in [5, 5.41) is 0. The van der Waals surface area contributed by atoms with E-state index in [2.05, 4.69) is 4.90 Å². The van der Waals surface area contributed by atoms with Gasteiger partial charge in [-0.2, -0.15) is 0 Å². The summed E-state index contributed by atoms with van der Waals surface area (Å²) in [4.78, 5) is 16.0. The first-order valence-corrected chi connectivity index (χ1v) is 6.50. The molecule has 0 aliphatic carbocycles. The van der Waals surface area contributed by atoms with Crippen LogP contribution in [0.5, 0.6) is 0 Å². The molecule has 1 aliphatic heterocycles. The van der Waals surface area contributed by atoms with Crippen LogP contribution < -0.4 is 0 Å². The van der Waals surface area contributed by atoms with Gasteiger partial charge in [0.15, 0.2) is 0 Å². The zero-order valence-corrected chi connectivity index (χ0v) is 12.2. The molecule has 0 aromatic carbocycles. The van der Waals surface area contributed by atoms with Crippen LogP contribution in [0.1, 0.15) is 27.2 Å². The lowest BCUT2D eigenvalue weighted by atomic mass is 10.2. The smallest absolute Gasteiger partial charge is 0.410 e. The van der Waals surface area contributed by atoms with Gasteiger partial charge in [0, 0.05) is 39.8 Å². The van der Waals surface area contributed by atoms with Crippen LogP contribution in [-0.2, 0) is 9.47 Å². The molecule has 0 saturated carbocycles. The van der Waals surface area contributed by atoms with E-state index in [4.69, 9.17) is 9.47 Å². The van der Waals surface area contributed by atoms with Crippen LogP contribution in [0.2, 0.25) is 0 Å². The molecule has 5 heteroatoms. The summed E-state index contributed by atoms with van der Waals surface area (Å²) in [6.07, 6.45) is 0.764. The maximum absolute atomic E-state index is 11.9. The second kappa shape index (κ2) is 6.38. The second-order valence-electron chi connectivity index (χ2n) is 5.83. The highest BCUT2D eigenvalue weighted by atomic mass is 16.6. The quantitative estimate of drug-likeness (QED) is 0.767. The summed E-state index contributed by atoms with van der Waals surface area (Å²) in [6.45, 7) is 9.24. The number of rotatable bonds is 4. The van der Waals surface area contributed by atoms with Crippen LogP contribution >= 0.6 is 0 Å². The molecule has 1 atom stereocenters. The molecule has 1 heterocycles. The Hall–Kier alpha value is -0.810. The Morgan fingerprint density at radius 1 is 1.44 bits per heavy atom. The lowest BCUT2D eigenvalue weighted by Crippen LogP contribution is -2.42. The van der Waals surface area contributed by atoms with Crippen LogP contribution in [0.4, 0.5) is 4.79 Å². The van der Waals surface area contributed by atoms with Gasteiger partial charge >= 0.3 is 6.09 Å². The molecule has 1 saturated heterocycles. The van der Waals surface area contributed by atoms with Crippen LogP contribution in [0.3, 0.4) is 0 Å². The van der Waals surface area contributed by atoms with Crippen molar-refractivity contribution in [1.82, 2.24) is 9.80 Å². The Kier molecular flexibility index (Phi) is 5.41. The molecule has 0 aromatic rings. The molecule has 1 rings (SSSR count). The van der Waals surface area contributed by atoms with E-state index in [1.165, 1.54) is 0 Å². The third-order valence-corrected chi connectivity index (χ3v) is 3.09. The lowest BCUT2D eigenvalue weighted by molar-refractivity contribution is 0.0227. The minimum atomic E-state index is -0.431. The SMILES string of the molecule is COCCN1CC[C@@H](N(C)C(=O)OC(C)(C)C)C1. The molecule has 0 bridgehead atoms. The van der Waals surface area contributed by atoms with Crippen molar-refractivity contribution in [3.63, 3.8) is 0 Å². The van der Waals surface area contributed by atoms with Gasteiger partial charge in [0.25, 0.3) is 0 Å². The van der Waals surface area contributed by atoms with Crippen molar-refractivity contribution in [1.29, 1.82) is 0 Å². The van der Waals surface area contributed by atoms with E-state index in [9.17, 15) is 4.79 Å². The molecule has 5 nitrogen and oxygen atoms in total. The Labute approximate surface area is 110 Å². The standard InChI is InChI=1S/C13H26N2O3/c1-13(2,3)18-12(16)14(4)11-6-7-15(10-11)8-9-17-5/h11H,6-10H2,1-5H3/t11-/m1/s1. The molecular weight excluding hydrogens is 232 g/mol. The molecule has 0 unspecified atom stereocenters. The molecule has 1 amide bonds. The first-order valence-electron chi connectivity index (χ1n) is 6.50. The average Bonchev–Trinajstić information content (AvgIpc) is 2.71. The van der Waals surface area contributed by atoms with E-state index in [0.717, 1.165) is 32.7 Å². The van der Waals surface area contributed by atoms with Crippen LogP contribution in [0.15, 0.2) is 0 Å². The van der Waals surface area contributed by atoms with Crippen molar-refractivity contribution in [3.8, 4) is 0 Å². The number of methoxy groups -OCH3 is 1. The molecule has 0 aromatic heterocycles. The largest absolute Gasteiger partial charge is 0.444 e. The summed E-state index contributed by atoms with van der Waals surface area (Å²) in [5.74, 6) is 0. The minimum absolute atomic E-state index is 0.235. The highest BCUT2D eigenvalue weighted by Gasteiger charge is 2.30. The van der Waals surface area contributed by atoms with Crippen molar-refractivity contribution in [2.75, 3.05) is 40.4 Å². The summed E-state index contributed by atoms with van der Waals surface area (Å²) in [5.41, 5.74) is -0.431. The van der Waals surface area contributed by atoms with E-state index in [1.54, 1.807) is 12.0 Å². The molecular formula is C13H26N2O3. The highest BCUT2D eigenvalue weighted by molar-refractivity contribution is 5.68. The van der Waals surface area contributed by atoms with Crippen molar-refractivity contribution >= 4 is 6.09 Å². The number of likely N-dealkylation sites (tertiary alicyclic amines) is 1. The summed E-state index contributed by atoms with van der Waals surface area (Å²) < 4.78 is 10.4. The number of hydrogen-bond acceptors (Lipinski definition) is 4. The average molecular weight is 258 g/mol. The molecule has 0 N–H and O–H groups in total. The monoisotopic (exact) mass is 258 g/mol. The van der Waals surface area contributed by atoms with Crippen molar-refractivity contribution in [2.45, 2.75) is 38.8 Å². The minimum Gasteiger partial charge on any atom is -0.444 e. The number of likely N-dealkylation sites (N-methyl/N-ethyl adjacent to an activating group) is 1. The maximum Gasteiger partial charge on any atom is 0.410 e. The Morgan fingerprint density at radius 2 is 2.11 bits per heavy atom. The third kappa shape index (κ3) is 4.82. The lowest BCUT2D eigenvalue weighted by Gasteiger charge is -2.28. The van der Waals surface area contributed by atoms with E-state index < -0.39 is 5.60 Å². The maximum atomic E-state index is 11.9. The Balaban J connectivity index is 2.39. The van der Waals surface area contributed by atoms with Gasteiger partial charge in [-0.15, -0.1) is 0 Å². The van der Waals surface area contributed by atoms with Gasteiger partial charge in [-0.05, 0) is 27.2 Å². The van der Waals surface area contributed by atoms with Gasteiger partial charge in [-0.1, -0.05) is 0 Å². The van der Waals surface area contributed by atoms with Gasteiger partial charge in [0.05, 0.1) is 6.61 Å². The van der Waals surface area contributed by atoms with Crippen molar-refractivity contribution in [2.24, 2.45) is 0 Å².